The summed E-state index contributed by atoms with van der Waals surface area (Å²) in [5.74, 6) is -0.234. The fourth-order valence-electron chi connectivity index (χ4n) is 3.95. The van der Waals surface area contributed by atoms with Crippen molar-refractivity contribution in [3.8, 4) is 17.2 Å². The minimum Gasteiger partial charge on any atom is -0.490 e. The zero-order chi connectivity index (χ0) is 27.5. The lowest BCUT2D eigenvalue weighted by atomic mass is 10.1. The molecule has 39 heavy (non-hydrogen) atoms. The number of nitro benzene ring substituents is 2. The smallest absolute Gasteiger partial charge is 0.363 e. The van der Waals surface area contributed by atoms with E-state index in [0.29, 0.717) is 11.1 Å². The van der Waals surface area contributed by atoms with Crippen molar-refractivity contribution in [1.29, 1.82) is 0 Å². The van der Waals surface area contributed by atoms with Gasteiger partial charge in [-0.3, -0.25) is 20.2 Å². The number of fused-ring (bicyclic) bond motifs is 1. The van der Waals surface area contributed by atoms with Crippen LogP contribution in [-0.4, -0.2) is 28.3 Å². The van der Waals surface area contributed by atoms with Gasteiger partial charge in [-0.05, 0) is 59.7 Å². The van der Waals surface area contributed by atoms with Crippen LogP contribution in [0.4, 0.5) is 11.4 Å². The molecular weight excluding hydrogens is 506 g/mol. The molecule has 1 heterocycles. The number of carbonyl (C=O) groups excluding carboxylic acids is 1. The van der Waals surface area contributed by atoms with Crippen LogP contribution in [0.1, 0.15) is 18.1 Å². The summed E-state index contributed by atoms with van der Waals surface area (Å²) in [5.41, 5.74) is 0.281. The largest absolute Gasteiger partial charge is 0.490 e. The number of non-ortho nitro benzene ring substituents is 1. The van der Waals surface area contributed by atoms with Gasteiger partial charge < -0.3 is 14.2 Å². The lowest BCUT2D eigenvalue weighted by Crippen LogP contribution is -2.05. The van der Waals surface area contributed by atoms with E-state index in [-0.39, 0.29) is 35.5 Å². The van der Waals surface area contributed by atoms with Gasteiger partial charge in [0.05, 0.1) is 22.5 Å². The zero-order valence-corrected chi connectivity index (χ0v) is 20.4. The Kier molecular flexibility index (Phi) is 6.70. The van der Waals surface area contributed by atoms with Crippen molar-refractivity contribution in [3.63, 3.8) is 0 Å². The van der Waals surface area contributed by atoms with Crippen molar-refractivity contribution in [3.05, 3.63) is 116 Å². The molecule has 0 atom stereocenters. The number of esters is 1. The second kappa shape index (κ2) is 10.4. The van der Waals surface area contributed by atoms with Crippen LogP contribution in [0.25, 0.3) is 16.8 Å². The molecule has 11 heteroatoms. The maximum Gasteiger partial charge on any atom is 0.363 e. The molecule has 1 aliphatic rings. The molecule has 0 fully saturated rings. The highest BCUT2D eigenvalue weighted by Crippen LogP contribution is 2.39. The van der Waals surface area contributed by atoms with Crippen LogP contribution < -0.4 is 9.47 Å². The maximum absolute atomic E-state index is 12.5. The van der Waals surface area contributed by atoms with Crippen molar-refractivity contribution in [2.75, 3.05) is 6.61 Å². The minimum absolute atomic E-state index is 0.0836. The molecule has 0 unspecified atom stereocenters. The number of hydrogen-bond donors (Lipinski definition) is 0. The predicted molar refractivity (Wildman–Crippen MR) is 142 cm³/mol. The first-order chi connectivity index (χ1) is 18.8. The Morgan fingerprint density at radius 2 is 1.64 bits per heavy atom. The molecule has 4 aromatic carbocycles. The number of nitrogens with zero attached hydrogens (tertiary/aromatic N) is 3. The first-order valence-corrected chi connectivity index (χ1v) is 11.7. The SMILES string of the molecule is CCOc1cc(/C=C2\N=C(c3ccc4ccccc4c3)OC2=O)ccc1Oc1ccc([N+](=O)[O-])cc1[N+](=O)[O-]. The van der Waals surface area contributed by atoms with E-state index in [1.165, 1.54) is 12.1 Å². The Morgan fingerprint density at radius 1 is 0.872 bits per heavy atom. The van der Waals surface area contributed by atoms with Gasteiger partial charge in [-0.15, -0.1) is 0 Å². The van der Waals surface area contributed by atoms with Crippen molar-refractivity contribution < 1.29 is 28.9 Å². The molecule has 4 aromatic rings. The quantitative estimate of drug-likeness (QED) is 0.115. The Hall–Kier alpha value is -5.58. The van der Waals surface area contributed by atoms with E-state index in [9.17, 15) is 25.0 Å². The van der Waals surface area contributed by atoms with Crippen LogP contribution >= 0.6 is 0 Å². The molecule has 0 aliphatic carbocycles. The average Bonchev–Trinajstić information content (AvgIpc) is 3.29. The molecular formula is C28H19N3O8. The number of ether oxygens (including phenoxy) is 3. The van der Waals surface area contributed by atoms with Gasteiger partial charge in [-0.2, -0.15) is 0 Å². The van der Waals surface area contributed by atoms with Gasteiger partial charge in [0.15, 0.2) is 17.2 Å². The lowest BCUT2D eigenvalue weighted by molar-refractivity contribution is -0.394. The van der Waals surface area contributed by atoms with E-state index in [1.807, 2.05) is 42.5 Å². The van der Waals surface area contributed by atoms with Crippen LogP contribution in [0.5, 0.6) is 17.2 Å². The second-order valence-corrected chi connectivity index (χ2v) is 8.31. The summed E-state index contributed by atoms with van der Waals surface area (Å²) in [6, 6.07) is 21.2. The van der Waals surface area contributed by atoms with Crippen molar-refractivity contribution in [2.45, 2.75) is 6.92 Å². The third-order valence-corrected chi connectivity index (χ3v) is 5.76. The average molecular weight is 525 g/mol. The van der Waals surface area contributed by atoms with Crippen LogP contribution in [0.2, 0.25) is 0 Å². The summed E-state index contributed by atoms with van der Waals surface area (Å²) in [4.78, 5) is 37.9. The Balaban J connectivity index is 1.45. The highest BCUT2D eigenvalue weighted by Gasteiger charge is 2.25. The van der Waals surface area contributed by atoms with Gasteiger partial charge in [0.25, 0.3) is 5.69 Å². The molecule has 0 aromatic heterocycles. The minimum atomic E-state index is -0.766. The highest BCUT2D eigenvalue weighted by atomic mass is 16.6. The molecule has 0 radical (unpaired) electrons. The molecule has 0 saturated heterocycles. The fraction of sp³-hybridized carbons (Fsp3) is 0.0714. The molecule has 11 nitrogen and oxygen atoms in total. The Bertz CT molecular complexity index is 1710. The summed E-state index contributed by atoms with van der Waals surface area (Å²) in [5, 5.41) is 24.5. The van der Waals surface area contributed by atoms with Crippen LogP contribution in [-0.2, 0) is 9.53 Å². The monoisotopic (exact) mass is 525 g/mol. The topological polar surface area (TPSA) is 143 Å². The summed E-state index contributed by atoms with van der Waals surface area (Å²) in [6.45, 7) is 2.00. The van der Waals surface area contributed by atoms with Gasteiger partial charge in [0.2, 0.25) is 11.6 Å². The van der Waals surface area contributed by atoms with E-state index in [0.717, 1.165) is 29.0 Å². The number of rotatable bonds is 8. The van der Waals surface area contributed by atoms with Crippen molar-refractivity contribution >= 4 is 40.1 Å². The first-order valence-electron chi connectivity index (χ1n) is 11.7. The standard InChI is InChI=1S/C28H19N3O8/c1-2-37-26-14-17(7-11-25(26)38-24-12-10-21(30(33)34)16-23(24)31(35)36)13-22-28(32)39-27(29-22)20-9-8-18-5-3-4-6-19(18)15-20/h3-16H,2H2,1H3/b22-13-. The van der Waals surface area contributed by atoms with Crippen molar-refractivity contribution in [1.82, 2.24) is 0 Å². The Labute approximate surface area is 220 Å². The van der Waals surface area contributed by atoms with Gasteiger partial charge in [0, 0.05) is 11.6 Å². The van der Waals surface area contributed by atoms with Gasteiger partial charge >= 0.3 is 11.7 Å². The zero-order valence-electron chi connectivity index (χ0n) is 20.4. The summed E-state index contributed by atoms with van der Waals surface area (Å²) >= 11 is 0. The normalized spacial score (nSPS) is 13.7. The summed E-state index contributed by atoms with van der Waals surface area (Å²) in [6.07, 6.45) is 1.52. The number of nitro groups is 2. The van der Waals surface area contributed by atoms with Gasteiger partial charge in [-0.1, -0.05) is 36.4 Å². The third kappa shape index (κ3) is 5.27. The van der Waals surface area contributed by atoms with Crippen molar-refractivity contribution in [2.24, 2.45) is 4.99 Å². The predicted octanol–water partition coefficient (Wildman–Crippen LogP) is 6.19. The highest BCUT2D eigenvalue weighted by molar-refractivity contribution is 6.13. The van der Waals surface area contributed by atoms with E-state index in [1.54, 1.807) is 19.1 Å². The number of benzene rings is 4. The molecule has 0 amide bonds. The van der Waals surface area contributed by atoms with Gasteiger partial charge in [-0.25, -0.2) is 9.79 Å². The van der Waals surface area contributed by atoms with Crippen LogP contribution in [0.3, 0.4) is 0 Å². The first kappa shape index (κ1) is 25.1. The Morgan fingerprint density at radius 3 is 2.38 bits per heavy atom. The molecule has 1 aliphatic heterocycles. The molecule has 0 N–H and O–H groups in total. The molecule has 0 saturated carbocycles. The number of cyclic esters (lactones) is 1. The number of carbonyl (C=O) groups is 1. The van der Waals surface area contributed by atoms with E-state index in [4.69, 9.17) is 14.2 Å². The van der Waals surface area contributed by atoms with E-state index < -0.39 is 27.2 Å². The lowest BCUT2D eigenvalue weighted by Gasteiger charge is -2.12. The summed E-state index contributed by atoms with van der Waals surface area (Å²) < 4.78 is 16.8. The third-order valence-electron chi connectivity index (χ3n) is 5.76. The maximum atomic E-state index is 12.5. The van der Waals surface area contributed by atoms with E-state index >= 15 is 0 Å². The molecule has 0 spiro atoms. The summed E-state index contributed by atoms with van der Waals surface area (Å²) in [7, 11) is 0. The molecule has 0 bridgehead atoms. The van der Waals surface area contributed by atoms with Crippen LogP contribution in [0, 0.1) is 20.2 Å². The number of hydrogen-bond acceptors (Lipinski definition) is 9. The van der Waals surface area contributed by atoms with Gasteiger partial charge in [0.1, 0.15) is 0 Å². The fourth-order valence-corrected chi connectivity index (χ4v) is 3.95. The van der Waals surface area contributed by atoms with Crippen LogP contribution in [0.15, 0.2) is 89.6 Å². The number of aliphatic imine (C=N–C) groups is 1. The molecule has 194 valence electrons. The van der Waals surface area contributed by atoms with E-state index in [2.05, 4.69) is 4.99 Å². The molecule has 5 rings (SSSR count). The second-order valence-electron chi connectivity index (χ2n) is 8.31.